The van der Waals surface area contributed by atoms with Crippen molar-refractivity contribution in [2.24, 2.45) is 0 Å². The number of nitrogens with one attached hydrogen (secondary N) is 1. The van der Waals surface area contributed by atoms with E-state index in [1.807, 2.05) is 24.3 Å². The van der Waals surface area contributed by atoms with Crippen LogP contribution in [0, 0.1) is 0 Å². The summed E-state index contributed by atoms with van der Waals surface area (Å²) in [6, 6.07) is 16.5. The molecule has 1 unspecified atom stereocenters. The highest BCUT2D eigenvalue weighted by Crippen LogP contribution is 2.44. The zero-order chi connectivity index (χ0) is 18.0. The third-order valence-corrected chi connectivity index (χ3v) is 5.29. The van der Waals surface area contributed by atoms with Crippen molar-refractivity contribution < 1.29 is 19.4 Å². The summed E-state index contributed by atoms with van der Waals surface area (Å²) in [5.41, 5.74) is 3.98. The van der Waals surface area contributed by atoms with Crippen LogP contribution in [0.3, 0.4) is 0 Å². The molecule has 5 heteroatoms. The number of ether oxygens (including phenoxy) is 2. The maximum Gasteiger partial charge on any atom is 0.407 e. The average Bonchev–Trinajstić information content (AvgIpc) is 3.22. The fourth-order valence-electron chi connectivity index (χ4n) is 3.84. The van der Waals surface area contributed by atoms with Crippen molar-refractivity contribution in [2.45, 2.75) is 24.4 Å². The van der Waals surface area contributed by atoms with Crippen LogP contribution in [0.5, 0.6) is 0 Å². The highest BCUT2D eigenvalue weighted by molar-refractivity contribution is 5.79. The summed E-state index contributed by atoms with van der Waals surface area (Å²) in [5.74, 6) is 0.0561. The lowest BCUT2D eigenvalue weighted by Crippen LogP contribution is -2.36. The number of rotatable bonds is 5. The Hall–Kier alpha value is -2.37. The van der Waals surface area contributed by atoms with Gasteiger partial charge in [-0.25, -0.2) is 4.79 Å². The predicted octanol–water partition coefficient (Wildman–Crippen LogP) is 3.07. The van der Waals surface area contributed by atoms with Crippen molar-refractivity contribution in [3.05, 3.63) is 59.7 Å². The van der Waals surface area contributed by atoms with Crippen LogP contribution in [0.1, 0.15) is 29.9 Å². The number of carbonyl (C=O) groups excluding carboxylic acids is 1. The number of benzene rings is 2. The Morgan fingerprint density at radius 1 is 1.15 bits per heavy atom. The van der Waals surface area contributed by atoms with E-state index in [1.165, 1.54) is 22.3 Å². The molecule has 2 aliphatic rings. The van der Waals surface area contributed by atoms with Gasteiger partial charge in [0.1, 0.15) is 6.61 Å². The largest absolute Gasteiger partial charge is 0.449 e. The van der Waals surface area contributed by atoms with Crippen LogP contribution in [-0.2, 0) is 9.47 Å². The second kappa shape index (κ2) is 7.09. The number of fused-ring (bicyclic) bond motifs is 3. The van der Waals surface area contributed by atoms with Crippen LogP contribution in [0.2, 0.25) is 0 Å². The van der Waals surface area contributed by atoms with Crippen LogP contribution < -0.4 is 5.32 Å². The number of alkyl carbamates (subject to hydrolysis) is 1. The maximum absolute atomic E-state index is 12.1. The van der Waals surface area contributed by atoms with Crippen molar-refractivity contribution in [1.82, 2.24) is 5.32 Å². The molecule has 1 aliphatic carbocycles. The van der Waals surface area contributed by atoms with Gasteiger partial charge >= 0.3 is 6.09 Å². The summed E-state index contributed by atoms with van der Waals surface area (Å²) >= 11 is 0. The Labute approximate surface area is 152 Å². The van der Waals surface area contributed by atoms with Gasteiger partial charge in [0.25, 0.3) is 0 Å². The monoisotopic (exact) mass is 353 g/mol. The van der Waals surface area contributed by atoms with E-state index in [0.717, 1.165) is 0 Å². The quantitative estimate of drug-likeness (QED) is 0.867. The summed E-state index contributed by atoms with van der Waals surface area (Å²) < 4.78 is 10.7. The van der Waals surface area contributed by atoms with Gasteiger partial charge in [0.2, 0.25) is 0 Å². The second-order valence-electron chi connectivity index (χ2n) is 7.03. The third kappa shape index (κ3) is 3.32. The van der Waals surface area contributed by atoms with Crippen LogP contribution in [0.25, 0.3) is 11.1 Å². The number of hydrogen-bond acceptors (Lipinski definition) is 4. The normalized spacial score (nSPS) is 21.3. The van der Waals surface area contributed by atoms with E-state index in [9.17, 15) is 9.90 Å². The van der Waals surface area contributed by atoms with Gasteiger partial charge in [-0.1, -0.05) is 48.5 Å². The van der Waals surface area contributed by atoms with Gasteiger partial charge in [0.15, 0.2) is 0 Å². The van der Waals surface area contributed by atoms with Gasteiger partial charge in [0.05, 0.1) is 12.2 Å². The molecule has 2 N–H and O–H groups in total. The smallest absolute Gasteiger partial charge is 0.407 e. The highest BCUT2D eigenvalue weighted by atomic mass is 16.5. The van der Waals surface area contributed by atoms with Crippen molar-refractivity contribution in [3.8, 4) is 11.1 Å². The van der Waals surface area contributed by atoms with Crippen molar-refractivity contribution >= 4 is 6.09 Å². The highest BCUT2D eigenvalue weighted by Gasteiger charge is 2.32. The lowest BCUT2D eigenvalue weighted by molar-refractivity contribution is 0.0195. The summed E-state index contributed by atoms with van der Waals surface area (Å²) in [7, 11) is 0. The van der Waals surface area contributed by atoms with Gasteiger partial charge in [-0.2, -0.15) is 0 Å². The molecule has 136 valence electrons. The Bertz CT molecular complexity index is 753. The average molecular weight is 353 g/mol. The van der Waals surface area contributed by atoms with E-state index < -0.39 is 11.7 Å². The minimum Gasteiger partial charge on any atom is -0.449 e. The van der Waals surface area contributed by atoms with Crippen molar-refractivity contribution in [2.75, 3.05) is 26.4 Å². The van der Waals surface area contributed by atoms with Gasteiger partial charge < -0.3 is 19.9 Å². The molecule has 1 aliphatic heterocycles. The summed E-state index contributed by atoms with van der Waals surface area (Å²) in [6.45, 7) is 1.57. The van der Waals surface area contributed by atoms with E-state index in [0.29, 0.717) is 39.2 Å². The number of carbonyl (C=O) groups is 1. The molecule has 0 aromatic heterocycles. The Morgan fingerprint density at radius 3 is 2.42 bits per heavy atom. The van der Waals surface area contributed by atoms with Crippen LogP contribution in [0.4, 0.5) is 4.79 Å². The van der Waals surface area contributed by atoms with Gasteiger partial charge in [-0.3, -0.25) is 0 Å². The van der Waals surface area contributed by atoms with Gasteiger partial charge in [0, 0.05) is 25.5 Å². The molecule has 1 saturated heterocycles. The van der Waals surface area contributed by atoms with Gasteiger partial charge in [-0.05, 0) is 28.7 Å². The third-order valence-electron chi connectivity index (χ3n) is 5.29. The molecule has 1 atom stereocenters. The lowest BCUT2D eigenvalue weighted by Gasteiger charge is -2.20. The minimum absolute atomic E-state index is 0.0561. The summed E-state index contributed by atoms with van der Waals surface area (Å²) in [5, 5.41) is 12.9. The Balaban J connectivity index is 1.35. The molecular weight excluding hydrogens is 330 g/mol. The second-order valence-corrected chi connectivity index (χ2v) is 7.03. The Kier molecular flexibility index (Phi) is 4.66. The summed E-state index contributed by atoms with van der Waals surface area (Å²) in [4.78, 5) is 12.1. The van der Waals surface area contributed by atoms with Crippen molar-refractivity contribution in [1.29, 1.82) is 0 Å². The van der Waals surface area contributed by atoms with Gasteiger partial charge in [-0.15, -0.1) is 0 Å². The zero-order valence-electron chi connectivity index (χ0n) is 14.6. The van der Waals surface area contributed by atoms with Crippen LogP contribution in [-0.4, -0.2) is 43.2 Å². The number of aliphatic hydroxyl groups is 1. The summed E-state index contributed by atoms with van der Waals surface area (Å²) in [6.07, 6.45) is 0.630. The van der Waals surface area contributed by atoms with Crippen LogP contribution >= 0.6 is 0 Å². The van der Waals surface area contributed by atoms with E-state index in [-0.39, 0.29) is 5.92 Å². The predicted molar refractivity (Wildman–Crippen MR) is 98.1 cm³/mol. The van der Waals surface area contributed by atoms with E-state index >= 15 is 0 Å². The molecule has 0 spiro atoms. The first-order valence-electron chi connectivity index (χ1n) is 9.05. The van der Waals surface area contributed by atoms with Crippen LogP contribution in [0.15, 0.2) is 48.5 Å². The fraction of sp³-hybridized carbons (Fsp3) is 0.381. The molecule has 0 radical (unpaired) electrons. The molecule has 1 fully saturated rings. The fourth-order valence-corrected chi connectivity index (χ4v) is 3.84. The SMILES string of the molecule is O=C(NCCC1(O)CCOC1)OCC1c2ccccc2-c2ccccc21. The first-order valence-corrected chi connectivity index (χ1v) is 9.05. The molecule has 0 bridgehead atoms. The first-order chi connectivity index (χ1) is 12.7. The number of amides is 1. The molecule has 1 amide bonds. The Morgan fingerprint density at radius 2 is 1.81 bits per heavy atom. The van der Waals surface area contributed by atoms with E-state index in [2.05, 4.69) is 29.6 Å². The standard InChI is InChI=1S/C21H23NO4/c23-20(22-11-9-21(24)10-12-25-14-21)26-13-19-17-7-3-1-5-15(17)16-6-2-4-8-18(16)19/h1-8,19,24H,9-14H2,(H,22,23). The van der Waals surface area contributed by atoms with Crippen molar-refractivity contribution in [3.63, 3.8) is 0 Å². The molecule has 5 nitrogen and oxygen atoms in total. The molecule has 1 heterocycles. The lowest BCUT2D eigenvalue weighted by atomic mass is 9.98. The molecule has 2 aromatic carbocycles. The molecule has 2 aromatic rings. The maximum atomic E-state index is 12.1. The van der Waals surface area contributed by atoms with E-state index in [4.69, 9.17) is 9.47 Å². The molecular formula is C21H23NO4. The molecule has 26 heavy (non-hydrogen) atoms. The topological polar surface area (TPSA) is 67.8 Å². The minimum atomic E-state index is -0.823. The first kappa shape index (κ1) is 17.1. The number of hydrogen-bond donors (Lipinski definition) is 2. The zero-order valence-corrected chi connectivity index (χ0v) is 14.6. The molecule has 0 saturated carbocycles. The molecule has 4 rings (SSSR count). The van der Waals surface area contributed by atoms with E-state index in [1.54, 1.807) is 0 Å².